The van der Waals surface area contributed by atoms with E-state index in [1.807, 2.05) is 18.2 Å². The number of nitrogens with one attached hydrogen (secondary N) is 3. The number of nitro groups is 1. The molecule has 7 heteroatoms. The van der Waals surface area contributed by atoms with Gasteiger partial charge in [-0.1, -0.05) is 12.1 Å². The second-order valence-electron chi connectivity index (χ2n) is 4.85. The number of aromatic amines is 1. The number of nitrogens with zero attached hydrogens (tertiary/aromatic N) is 1. The van der Waals surface area contributed by atoms with E-state index in [0.717, 1.165) is 24.2 Å². The van der Waals surface area contributed by atoms with Gasteiger partial charge in [-0.25, -0.2) is 0 Å². The number of carbonyl (C=O) groups is 1. The Balaban J connectivity index is 1.83. The summed E-state index contributed by atoms with van der Waals surface area (Å²) < 4.78 is 0. The highest BCUT2D eigenvalue weighted by atomic mass is 16.6. The summed E-state index contributed by atoms with van der Waals surface area (Å²) in [6, 6.07) is 7.01. The smallest absolute Gasteiger partial charge is 0.287 e. The van der Waals surface area contributed by atoms with E-state index in [0.29, 0.717) is 6.54 Å². The van der Waals surface area contributed by atoms with Crippen molar-refractivity contribution in [2.45, 2.75) is 13.0 Å². The van der Waals surface area contributed by atoms with Gasteiger partial charge in [-0.15, -0.1) is 0 Å². The fraction of sp³-hybridized carbons (Fsp3) is 0.214. The Kier molecular flexibility index (Phi) is 3.41. The van der Waals surface area contributed by atoms with Crippen molar-refractivity contribution in [3.63, 3.8) is 0 Å². The van der Waals surface area contributed by atoms with Crippen molar-refractivity contribution in [2.24, 2.45) is 0 Å². The molecule has 3 rings (SSSR count). The fourth-order valence-electron chi connectivity index (χ4n) is 2.44. The summed E-state index contributed by atoms with van der Waals surface area (Å²) in [4.78, 5) is 24.9. The fourth-order valence-corrected chi connectivity index (χ4v) is 2.44. The Morgan fingerprint density at radius 3 is 3.00 bits per heavy atom. The maximum atomic E-state index is 12.2. The second kappa shape index (κ2) is 5.37. The number of carbonyl (C=O) groups excluding carboxylic acids is 1. The Bertz CT molecular complexity index is 708. The first kappa shape index (κ1) is 13.3. The van der Waals surface area contributed by atoms with Gasteiger partial charge in [0.15, 0.2) is 0 Å². The standard InChI is InChI=1S/C14H14N4O3/c19-14(13-6-10(7-16-13)18(20)21)17-12-3-1-2-9-4-5-15-8-11(9)12/h1-3,6-7,15-16H,4-5,8H2,(H,17,19). The number of rotatable bonds is 3. The van der Waals surface area contributed by atoms with E-state index in [2.05, 4.69) is 15.6 Å². The minimum absolute atomic E-state index is 0.128. The predicted molar refractivity (Wildman–Crippen MR) is 77.3 cm³/mol. The third-order valence-corrected chi connectivity index (χ3v) is 3.52. The lowest BCUT2D eigenvalue weighted by Crippen LogP contribution is -2.25. The van der Waals surface area contributed by atoms with Gasteiger partial charge < -0.3 is 15.6 Å². The zero-order valence-electron chi connectivity index (χ0n) is 11.2. The van der Waals surface area contributed by atoms with Crippen molar-refractivity contribution in [3.8, 4) is 0 Å². The molecule has 2 aromatic rings. The first-order valence-corrected chi connectivity index (χ1v) is 6.61. The first-order valence-electron chi connectivity index (χ1n) is 6.61. The second-order valence-corrected chi connectivity index (χ2v) is 4.85. The van der Waals surface area contributed by atoms with Crippen LogP contribution in [0.2, 0.25) is 0 Å². The van der Waals surface area contributed by atoms with Crippen molar-refractivity contribution in [3.05, 3.63) is 57.4 Å². The van der Waals surface area contributed by atoms with Crippen LogP contribution in [0, 0.1) is 10.1 Å². The van der Waals surface area contributed by atoms with E-state index in [1.165, 1.54) is 17.8 Å². The highest BCUT2D eigenvalue weighted by Gasteiger charge is 2.17. The third kappa shape index (κ3) is 2.63. The van der Waals surface area contributed by atoms with Crippen LogP contribution >= 0.6 is 0 Å². The van der Waals surface area contributed by atoms with Crippen molar-refractivity contribution in [1.82, 2.24) is 10.3 Å². The summed E-state index contributed by atoms with van der Waals surface area (Å²) in [6.45, 7) is 1.63. The zero-order chi connectivity index (χ0) is 14.8. The van der Waals surface area contributed by atoms with Crippen LogP contribution in [0.4, 0.5) is 11.4 Å². The molecule has 0 bridgehead atoms. The summed E-state index contributed by atoms with van der Waals surface area (Å²) in [6.07, 6.45) is 2.13. The molecule has 0 spiro atoms. The molecule has 3 N–H and O–H groups in total. The maximum Gasteiger partial charge on any atom is 0.287 e. The van der Waals surface area contributed by atoms with Crippen LogP contribution in [0.25, 0.3) is 0 Å². The lowest BCUT2D eigenvalue weighted by molar-refractivity contribution is -0.384. The Labute approximate surface area is 120 Å². The number of hydrogen-bond acceptors (Lipinski definition) is 4. The molecule has 1 aliphatic rings. The number of benzene rings is 1. The summed E-state index contributed by atoms with van der Waals surface area (Å²) >= 11 is 0. The minimum atomic E-state index is -0.540. The van der Waals surface area contributed by atoms with E-state index in [1.54, 1.807) is 0 Å². The lowest BCUT2D eigenvalue weighted by atomic mass is 9.99. The molecule has 1 aromatic carbocycles. The van der Waals surface area contributed by atoms with Crippen LogP contribution in [0.15, 0.2) is 30.5 Å². The van der Waals surface area contributed by atoms with Gasteiger partial charge >= 0.3 is 0 Å². The summed E-state index contributed by atoms with van der Waals surface area (Å²) in [5.74, 6) is -0.387. The molecule has 2 heterocycles. The summed E-state index contributed by atoms with van der Waals surface area (Å²) in [5.41, 5.74) is 3.06. The number of anilines is 1. The lowest BCUT2D eigenvalue weighted by Gasteiger charge is -2.20. The Hall–Kier alpha value is -2.67. The Morgan fingerprint density at radius 2 is 2.24 bits per heavy atom. The highest BCUT2D eigenvalue weighted by Crippen LogP contribution is 2.23. The molecular formula is C14H14N4O3. The zero-order valence-corrected chi connectivity index (χ0v) is 11.2. The van der Waals surface area contributed by atoms with Crippen LogP contribution < -0.4 is 10.6 Å². The van der Waals surface area contributed by atoms with E-state index < -0.39 is 4.92 Å². The summed E-state index contributed by atoms with van der Waals surface area (Å²) in [7, 11) is 0. The number of hydrogen-bond donors (Lipinski definition) is 3. The summed E-state index contributed by atoms with van der Waals surface area (Å²) in [5, 5.41) is 16.7. The molecule has 108 valence electrons. The average Bonchev–Trinajstić information content (AvgIpc) is 2.98. The number of aromatic nitrogens is 1. The van der Waals surface area contributed by atoms with Gasteiger partial charge in [0, 0.05) is 18.3 Å². The molecule has 0 unspecified atom stereocenters. The van der Waals surface area contributed by atoms with Crippen LogP contribution in [-0.4, -0.2) is 22.4 Å². The molecule has 0 aliphatic carbocycles. The third-order valence-electron chi connectivity index (χ3n) is 3.52. The van der Waals surface area contributed by atoms with Crippen molar-refractivity contribution in [2.75, 3.05) is 11.9 Å². The molecular weight excluding hydrogens is 272 g/mol. The topological polar surface area (TPSA) is 100 Å². The SMILES string of the molecule is O=C(Nc1cccc2c1CNCC2)c1cc([N+](=O)[O-])c[nH]1. The molecule has 1 amide bonds. The maximum absolute atomic E-state index is 12.2. The van der Waals surface area contributed by atoms with Crippen LogP contribution in [-0.2, 0) is 13.0 Å². The highest BCUT2D eigenvalue weighted by molar-refractivity contribution is 6.03. The monoisotopic (exact) mass is 286 g/mol. The molecule has 7 nitrogen and oxygen atoms in total. The molecule has 0 saturated heterocycles. The number of fused-ring (bicyclic) bond motifs is 1. The van der Waals surface area contributed by atoms with E-state index in [4.69, 9.17) is 0 Å². The van der Waals surface area contributed by atoms with Crippen molar-refractivity contribution in [1.29, 1.82) is 0 Å². The number of amides is 1. The molecule has 1 aromatic heterocycles. The van der Waals surface area contributed by atoms with Gasteiger partial charge in [0.25, 0.3) is 11.6 Å². The normalized spacial score (nSPS) is 13.5. The largest absolute Gasteiger partial charge is 0.351 e. The molecule has 0 saturated carbocycles. The van der Waals surface area contributed by atoms with Gasteiger partial charge in [0.2, 0.25) is 0 Å². The van der Waals surface area contributed by atoms with Gasteiger partial charge in [0.1, 0.15) is 5.69 Å². The molecule has 0 radical (unpaired) electrons. The molecule has 1 aliphatic heterocycles. The first-order chi connectivity index (χ1) is 10.1. The van der Waals surface area contributed by atoms with Gasteiger partial charge in [-0.2, -0.15) is 0 Å². The Morgan fingerprint density at radius 1 is 1.38 bits per heavy atom. The van der Waals surface area contributed by atoms with Crippen LogP contribution in [0.5, 0.6) is 0 Å². The van der Waals surface area contributed by atoms with E-state index in [9.17, 15) is 14.9 Å². The molecule has 0 atom stereocenters. The van der Waals surface area contributed by atoms with Gasteiger partial charge in [-0.3, -0.25) is 14.9 Å². The van der Waals surface area contributed by atoms with Gasteiger partial charge in [0.05, 0.1) is 11.1 Å². The quantitative estimate of drug-likeness (QED) is 0.592. The van der Waals surface area contributed by atoms with Crippen molar-refractivity contribution >= 4 is 17.3 Å². The predicted octanol–water partition coefficient (Wildman–Crippen LogP) is 1.82. The van der Waals surface area contributed by atoms with E-state index in [-0.39, 0.29) is 17.3 Å². The molecule has 0 fully saturated rings. The van der Waals surface area contributed by atoms with Crippen LogP contribution in [0.1, 0.15) is 21.6 Å². The number of H-pyrrole nitrogens is 1. The van der Waals surface area contributed by atoms with Crippen LogP contribution in [0.3, 0.4) is 0 Å². The average molecular weight is 286 g/mol. The molecule has 21 heavy (non-hydrogen) atoms. The minimum Gasteiger partial charge on any atom is -0.351 e. The van der Waals surface area contributed by atoms with E-state index >= 15 is 0 Å². The van der Waals surface area contributed by atoms with Gasteiger partial charge in [-0.05, 0) is 30.2 Å². The van der Waals surface area contributed by atoms with Crippen molar-refractivity contribution < 1.29 is 9.72 Å².